The van der Waals surface area contributed by atoms with Crippen molar-refractivity contribution in [1.29, 1.82) is 0 Å². The van der Waals surface area contributed by atoms with Gasteiger partial charge < -0.3 is 5.48 Å². The van der Waals surface area contributed by atoms with E-state index in [1.807, 2.05) is 0 Å². The molecule has 8 valence electrons. The van der Waals surface area contributed by atoms with Crippen LogP contribution in [0.5, 0.6) is 0 Å². The molecule has 0 saturated carbocycles. The van der Waals surface area contributed by atoms with Crippen molar-refractivity contribution in [3.8, 4) is 0 Å². The van der Waals surface area contributed by atoms with Gasteiger partial charge in [0, 0.05) is 0 Å². The van der Waals surface area contributed by atoms with Crippen molar-refractivity contribution in [3.63, 3.8) is 0 Å². The summed E-state index contributed by atoms with van der Waals surface area (Å²) in [5.74, 6) is 0. The molecule has 0 spiro atoms. The van der Waals surface area contributed by atoms with Crippen LogP contribution in [0, 0.1) is 0 Å². The molecule has 100 heavy (non-hydrogen) atoms. The van der Waals surface area contributed by atoms with Gasteiger partial charge in [0.25, 0.3) is 0 Å². The maximum atomic E-state index is 0. The molecule has 0 aliphatic rings. The molecule has 0 unspecified atom stereocenters. The third kappa shape index (κ3) is 772. The molecule has 0 aliphatic carbocycles. The maximum absolute atomic E-state index is 0. The van der Waals surface area contributed by atoms with Gasteiger partial charge in [-0.3, -0.25) is 0 Å². The Labute approximate surface area is 2820 Å². The van der Waals surface area contributed by atoms with E-state index in [0.29, 0.717) is 0 Å². The molecule has 0 radical (unpaired) electrons. The van der Waals surface area contributed by atoms with Gasteiger partial charge in [0.15, 0.2) is 0 Å². The zero-order valence-corrected chi connectivity index (χ0v) is 298. The molecule has 0 aromatic heterocycles. The summed E-state index contributed by atoms with van der Waals surface area (Å²) in [6, 6.07) is 0. The minimum Gasteiger partial charge on any atom is -0.412 e. The largest absolute Gasteiger partial charge is 1.00 e. The monoisotopic (exact) mass is 2290 g/mol. The number of rotatable bonds is 0. The van der Waals surface area contributed by atoms with Crippen LogP contribution in [0.3, 0.4) is 0 Å². The second-order valence-corrected chi connectivity index (χ2v) is 0. The smallest absolute Gasteiger partial charge is 0.412 e. The van der Waals surface area contributed by atoms with Crippen LogP contribution in [0.15, 0.2) is 0 Å². The molecule has 0 amide bonds. The van der Waals surface area contributed by atoms with Crippen LogP contribution in [0.25, 0.3) is 0 Å². The molecule has 0 aliphatic heterocycles. The van der Waals surface area contributed by atoms with Gasteiger partial charge in [0.2, 0.25) is 0 Å². The molecule has 0 bridgehead atoms. The van der Waals surface area contributed by atoms with E-state index in [1.54, 1.807) is 0 Å². The van der Waals surface area contributed by atoms with Crippen molar-refractivity contribution < 1.29 is 2930 Å². The van der Waals surface area contributed by atoms with Gasteiger partial charge in [-0.2, -0.15) is 0 Å². The predicted molar refractivity (Wildman–Crippen MR) is 3.61 cm³/mol. The molecular formula is H2Na99O+99. The fourth-order valence-electron chi connectivity index (χ4n) is 0. The molecule has 0 saturated heterocycles. The summed E-state index contributed by atoms with van der Waals surface area (Å²) in [6.45, 7) is 0. The first-order valence-corrected chi connectivity index (χ1v) is 0. The summed E-state index contributed by atoms with van der Waals surface area (Å²) in [5, 5.41) is 0. The Hall–Kier alpha value is 99.0. The minimum atomic E-state index is 0. The fraction of sp³-hybridized carbons (Fsp3) is 0. The molecule has 0 aromatic carbocycles. The van der Waals surface area contributed by atoms with E-state index in [9.17, 15) is 0 Å². The van der Waals surface area contributed by atoms with Crippen molar-refractivity contribution >= 4 is 0 Å². The van der Waals surface area contributed by atoms with Crippen LogP contribution in [0.4, 0.5) is 0 Å². The quantitative estimate of drug-likeness (QED) is 0.217. The van der Waals surface area contributed by atoms with Crippen molar-refractivity contribution in [1.82, 2.24) is 0 Å². The molecule has 0 fully saturated rings. The second-order valence-electron chi connectivity index (χ2n) is 0. The third-order valence-corrected chi connectivity index (χ3v) is 0. The van der Waals surface area contributed by atoms with Crippen LogP contribution in [0.1, 0.15) is 0 Å². The molecule has 1 nitrogen and oxygen atoms in total. The molecule has 2 N–H and O–H groups in total. The summed E-state index contributed by atoms with van der Waals surface area (Å²) >= 11 is 0. The van der Waals surface area contributed by atoms with Crippen LogP contribution >= 0.6 is 0 Å². The second kappa shape index (κ2) is 784. The third-order valence-electron chi connectivity index (χ3n) is 0. The average molecular weight is 2290 g/mol. The maximum Gasteiger partial charge on any atom is 1.00 e. The summed E-state index contributed by atoms with van der Waals surface area (Å²) in [5.41, 5.74) is 0. The van der Waals surface area contributed by atoms with Crippen molar-refractivity contribution in [2.24, 2.45) is 0 Å². The Morgan fingerprint density at radius 3 is 0.0200 bits per heavy atom. The Morgan fingerprint density at radius 1 is 0.0200 bits per heavy atom. The number of hydrogen-bond acceptors (Lipinski definition) is 0. The van der Waals surface area contributed by atoms with Gasteiger partial charge in [-0.05, 0) is 0 Å². The number of hydrogen-bond donors (Lipinski definition) is 0. The van der Waals surface area contributed by atoms with Gasteiger partial charge in [0.05, 0.1) is 0 Å². The van der Waals surface area contributed by atoms with Crippen molar-refractivity contribution in [3.05, 3.63) is 0 Å². The van der Waals surface area contributed by atoms with E-state index in [2.05, 4.69) is 0 Å². The summed E-state index contributed by atoms with van der Waals surface area (Å²) in [7, 11) is 0. The van der Waals surface area contributed by atoms with E-state index in [1.165, 1.54) is 0 Å². The first kappa shape index (κ1) is 796. The van der Waals surface area contributed by atoms with E-state index in [4.69, 9.17) is 0 Å². The Kier molecular flexibility index (Phi) is 6240. The summed E-state index contributed by atoms with van der Waals surface area (Å²) in [6.07, 6.45) is 0. The van der Waals surface area contributed by atoms with Crippen molar-refractivity contribution in [2.45, 2.75) is 0 Å². The van der Waals surface area contributed by atoms with Gasteiger partial charge in [0.1, 0.15) is 0 Å². The normalized spacial score (nSPS) is 0. The van der Waals surface area contributed by atoms with Crippen LogP contribution in [0.2, 0.25) is 0 Å². The Morgan fingerprint density at radius 2 is 0.0200 bits per heavy atom. The SMILES string of the molecule is O.[Na+].[Na+].[Na+].[Na+].[Na+].[Na+].[Na+].[Na+].[Na+].[Na+].[Na+].[Na+].[Na+].[Na+].[Na+].[Na+].[Na+].[Na+].[Na+].[Na+].[Na+].[Na+].[Na+].[Na+].[Na+].[Na+].[Na+].[Na+].[Na+].[Na+].[Na+].[Na+].[Na+].[Na+].[Na+].[Na+].[Na+].[Na+].[Na+].[Na+].[Na+].[Na+].[Na+].[Na+].[Na+].[Na+].[Na+].[Na+].[Na+].[Na+].[Na+].[Na+].[Na+].[Na+].[Na+].[Na+].[Na+].[Na+].[Na+].[Na+].[Na+].[Na+].[Na+].[Na+].[Na+].[Na+].[Na+].[Na+].[Na+].[Na+].[Na+].[Na+].[Na+].[Na+].[Na+].[Na+].[Na+].[Na+].[Na+].[Na+].[Na+].[Na+].[Na+].[Na+].[Na+].[Na+].[Na+].[Na+].[Na+].[Na+].[Na+].[Na+].[Na+].[Na+].[Na+].[Na+].[Na+].[Na+].[Na+]. The summed E-state index contributed by atoms with van der Waals surface area (Å²) < 4.78 is 0. The van der Waals surface area contributed by atoms with Gasteiger partial charge in [-0.25, -0.2) is 0 Å². The fourth-order valence-corrected chi connectivity index (χ4v) is 0. The van der Waals surface area contributed by atoms with Crippen LogP contribution in [-0.4, -0.2) is 5.48 Å². The van der Waals surface area contributed by atoms with Crippen molar-refractivity contribution in [2.75, 3.05) is 0 Å². The molecular weight excluding hydrogens is 2290 g/mol. The molecule has 0 heterocycles. The zero-order chi connectivity index (χ0) is 0. The molecule has 0 rings (SSSR count). The van der Waals surface area contributed by atoms with Gasteiger partial charge in [-0.15, -0.1) is 0 Å². The topological polar surface area (TPSA) is 31.5 Å². The molecule has 0 atom stereocenters. The zero-order valence-electron chi connectivity index (χ0n) is 99.5. The molecule has 100 heteroatoms. The van der Waals surface area contributed by atoms with Gasteiger partial charge in [-0.1, -0.05) is 0 Å². The Bertz CT molecular complexity index is 8.08. The van der Waals surface area contributed by atoms with E-state index in [-0.39, 0.29) is 2930 Å². The Balaban J connectivity index is 0. The molecule has 0 aromatic rings. The predicted octanol–water partition coefficient (Wildman–Crippen LogP) is -297. The summed E-state index contributed by atoms with van der Waals surface area (Å²) in [4.78, 5) is 0. The first-order chi connectivity index (χ1) is 0. The van der Waals surface area contributed by atoms with E-state index in [0.717, 1.165) is 0 Å². The van der Waals surface area contributed by atoms with Crippen LogP contribution in [-0.2, 0) is 0 Å². The van der Waals surface area contributed by atoms with Crippen LogP contribution < -0.4 is 2930 Å². The minimum absolute atomic E-state index is 0. The average Bonchev–Trinajstić information content (AvgIpc) is 0. The standard InChI is InChI=1S/99Na.H2O/h;;;;;;;;;;;;;;;;;;;;;;;;;;;;;;;;;;;;;;;;;;;;;;;;;;;;;;;;;;;;;;;;;;;;;;;;;;;;;;;;;;;;;;;;;;;;;;;;;;;1H2/q99*+1;. The first-order valence-electron chi connectivity index (χ1n) is 0. The van der Waals surface area contributed by atoms with E-state index >= 15 is 0 Å². The van der Waals surface area contributed by atoms with E-state index < -0.39 is 0 Å². The van der Waals surface area contributed by atoms with Gasteiger partial charge >= 0.3 is 2930 Å².